The van der Waals surface area contributed by atoms with Crippen LogP contribution < -0.4 is 10.0 Å². The molecule has 2 atom stereocenters. The summed E-state index contributed by atoms with van der Waals surface area (Å²) in [4.78, 5) is 16.0. The van der Waals surface area contributed by atoms with Crippen LogP contribution in [0.1, 0.15) is 28.8 Å². The van der Waals surface area contributed by atoms with Gasteiger partial charge in [0.25, 0.3) is 0 Å². The van der Waals surface area contributed by atoms with Crippen molar-refractivity contribution in [1.82, 2.24) is 14.9 Å². The van der Waals surface area contributed by atoms with Gasteiger partial charge in [0.15, 0.2) is 0 Å². The fraction of sp³-hybridized carbons (Fsp3) is 0.478. The predicted molar refractivity (Wildman–Crippen MR) is 138 cm³/mol. The van der Waals surface area contributed by atoms with Gasteiger partial charge in [-0.2, -0.15) is 0 Å². The zero-order valence-electron chi connectivity index (χ0n) is 19.1. The Kier molecular flexibility index (Phi) is 6.60. The Labute approximate surface area is 207 Å². The van der Waals surface area contributed by atoms with Crippen molar-refractivity contribution in [2.45, 2.75) is 30.9 Å². The van der Waals surface area contributed by atoms with Crippen LogP contribution in [0.5, 0.6) is 0 Å². The molecule has 3 aromatic rings. The third-order valence-corrected chi connectivity index (χ3v) is 9.44. The number of benzene rings is 1. The second kappa shape index (κ2) is 9.36. The number of primary sulfonamides is 1. The summed E-state index contributed by atoms with van der Waals surface area (Å²) in [7, 11) is -3.51. The van der Waals surface area contributed by atoms with Crippen LogP contribution in [0.4, 0.5) is 5.82 Å². The number of rotatable bonds is 7. The van der Waals surface area contributed by atoms with Crippen molar-refractivity contribution in [3.63, 3.8) is 0 Å². The maximum absolute atomic E-state index is 11.7. The highest BCUT2D eigenvalue weighted by molar-refractivity contribution is 7.90. The van der Waals surface area contributed by atoms with Gasteiger partial charge in [-0.05, 0) is 36.6 Å². The molecule has 0 amide bonds. The Morgan fingerprint density at radius 2 is 1.88 bits per heavy atom. The summed E-state index contributed by atoms with van der Waals surface area (Å²) < 4.78 is 34.3. The van der Waals surface area contributed by atoms with Crippen LogP contribution in [-0.2, 0) is 39.2 Å². The molecule has 1 spiro atoms. The Bertz CT molecular complexity index is 1280. The molecular formula is C23H29N5O3S3. The molecule has 2 fully saturated rings. The summed E-state index contributed by atoms with van der Waals surface area (Å²) in [6.07, 6.45) is 5.67. The highest BCUT2D eigenvalue weighted by Gasteiger charge is 2.44. The number of hydrogen-bond donors (Lipinski definition) is 1. The van der Waals surface area contributed by atoms with Crippen molar-refractivity contribution in [2.24, 2.45) is 10.6 Å². The Morgan fingerprint density at radius 3 is 2.62 bits per heavy atom. The lowest BCUT2D eigenvalue weighted by atomic mass is 9.86. The first-order valence-corrected chi connectivity index (χ1v) is 15.5. The minimum Gasteiger partial charge on any atom is -0.616 e. The van der Waals surface area contributed by atoms with Crippen molar-refractivity contribution >= 4 is 48.6 Å². The van der Waals surface area contributed by atoms with Crippen molar-refractivity contribution in [3.8, 4) is 0 Å². The SMILES string of the molecule is C[S+]([O-])Cc1cc2c(N3CCC4(CCN(Cc5ccc(CS(N)(=O)=O)cc5)C4)C3)ncnc2s1. The molecule has 34 heavy (non-hydrogen) atoms. The van der Waals surface area contributed by atoms with Gasteiger partial charge in [-0.25, -0.2) is 23.5 Å². The summed E-state index contributed by atoms with van der Waals surface area (Å²) in [5.41, 5.74) is 2.16. The summed E-state index contributed by atoms with van der Waals surface area (Å²) in [5, 5.41) is 6.22. The van der Waals surface area contributed by atoms with Crippen LogP contribution in [0, 0.1) is 5.41 Å². The maximum atomic E-state index is 11.7. The number of nitrogens with two attached hydrogens (primary N) is 1. The number of anilines is 1. The van der Waals surface area contributed by atoms with Crippen LogP contribution in [0.3, 0.4) is 0 Å². The van der Waals surface area contributed by atoms with Crippen molar-refractivity contribution in [1.29, 1.82) is 0 Å². The molecule has 2 aliphatic heterocycles. The first kappa shape index (κ1) is 24.0. The van der Waals surface area contributed by atoms with Gasteiger partial charge in [-0.1, -0.05) is 35.4 Å². The number of likely N-dealkylation sites (tertiary alicyclic amines) is 1. The zero-order valence-corrected chi connectivity index (χ0v) is 21.6. The number of thiophene rings is 1. The van der Waals surface area contributed by atoms with Crippen molar-refractivity contribution < 1.29 is 13.0 Å². The van der Waals surface area contributed by atoms with E-state index in [9.17, 15) is 13.0 Å². The molecular weight excluding hydrogens is 490 g/mol. The van der Waals surface area contributed by atoms with E-state index >= 15 is 0 Å². The van der Waals surface area contributed by atoms with E-state index in [2.05, 4.69) is 25.8 Å². The van der Waals surface area contributed by atoms with E-state index in [4.69, 9.17) is 5.14 Å². The summed E-state index contributed by atoms with van der Waals surface area (Å²) in [5.74, 6) is 1.42. The fourth-order valence-electron chi connectivity index (χ4n) is 5.26. The van der Waals surface area contributed by atoms with Crippen molar-refractivity contribution in [3.05, 3.63) is 52.7 Å². The Morgan fingerprint density at radius 1 is 1.15 bits per heavy atom. The predicted octanol–water partition coefficient (Wildman–Crippen LogP) is 2.46. The second-order valence-corrected chi connectivity index (χ2v) is 13.8. The van der Waals surface area contributed by atoms with Gasteiger partial charge in [0, 0.05) is 31.6 Å². The first-order valence-electron chi connectivity index (χ1n) is 11.3. The monoisotopic (exact) mass is 519 g/mol. The summed E-state index contributed by atoms with van der Waals surface area (Å²) >= 11 is 0.733. The lowest BCUT2D eigenvalue weighted by molar-refractivity contribution is 0.270. The van der Waals surface area contributed by atoms with Crippen LogP contribution in [0.25, 0.3) is 10.2 Å². The lowest BCUT2D eigenvalue weighted by Gasteiger charge is -2.25. The largest absolute Gasteiger partial charge is 0.616 e. The Balaban J connectivity index is 1.24. The van der Waals surface area contributed by atoms with E-state index in [0.29, 0.717) is 11.3 Å². The summed E-state index contributed by atoms with van der Waals surface area (Å²) in [6, 6.07) is 9.82. The van der Waals surface area contributed by atoms with E-state index in [1.165, 1.54) is 5.56 Å². The van der Waals surface area contributed by atoms with E-state index in [0.717, 1.165) is 66.5 Å². The van der Waals surface area contributed by atoms with Crippen LogP contribution >= 0.6 is 11.3 Å². The van der Waals surface area contributed by atoms with Crippen molar-refractivity contribution in [2.75, 3.05) is 37.3 Å². The van der Waals surface area contributed by atoms with Crippen LogP contribution in [-0.4, -0.2) is 60.3 Å². The molecule has 8 nitrogen and oxygen atoms in total. The molecule has 2 N–H and O–H groups in total. The molecule has 2 aliphatic rings. The van der Waals surface area contributed by atoms with Gasteiger partial charge in [-0.15, -0.1) is 11.3 Å². The van der Waals surface area contributed by atoms with E-state index in [1.807, 2.05) is 24.3 Å². The third kappa shape index (κ3) is 5.39. The van der Waals surface area contributed by atoms with E-state index in [-0.39, 0.29) is 11.2 Å². The normalized spacial score (nSPS) is 22.3. The molecule has 2 unspecified atom stereocenters. The van der Waals surface area contributed by atoms with Gasteiger partial charge >= 0.3 is 0 Å². The molecule has 2 aromatic heterocycles. The molecule has 11 heteroatoms. The number of hydrogen-bond acceptors (Lipinski definition) is 8. The van der Waals surface area contributed by atoms with E-state index in [1.54, 1.807) is 23.9 Å². The number of nitrogens with zero attached hydrogens (tertiary/aromatic N) is 4. The average molecular weight is 520 g/mol. The molecule has 0 saturated carbocycles. The Hall–Kier alpha value is -1.76. The molecule has 1 aromatic carbocycles. The smallest absolute Gasteiger partial charge is 0.213 e. The summed E-state index contributed by atoms with van der Waals surface area (Å²) in [6.45, 7) is 4.91. The molecule has 0 aliphatic carbocycles. The molecule has 4 heterocycles. The number of aromatic nitrogens is 2. The topological polar surface area (TPSA) is 115 Å². The molecule has 0 radical (unpaired) electrons. The molecule has 0 bridgehead atoms. The molecule has 182 valence electrons. The quantitative estimate of drug-likeness (QED) is 0.477. The average Bonchev–Trinajstić information content (AvgIpc) is 3.46. The number of fused-ring (bicyclic) bond motifs is 1. The van der Waals surface area contributed by atoms with Gasteiger partial charge in [0.1, 0.15) is 22.7 Å². The van der Waals surface area contributed by atoms with Crippen LogP contribution in [0.15, 0.2) is 36.7 Å². The lowest BCUT2D eigenvalue weighted by Crippen LogP contribution is -2.31. The van der Waals surface area contributed by atoms with Gasteiger partial charge < -0.3 is 9.45 Å². The first-order chi connectivity index (χ1) is 16.2. The molecule has 2 saturated heterocycles. The highest BCUT2D eigenvalue weighted by Crippen LogP contribution is 2.43. The van der Waals surface area contributed by atoms with Gasteiger partial charge in [0.05, 0.1) is 22.3 Å². The maximum Gasteiger partial charge on any atom is 0.213 e. The zero-order chi connectivity index (χ0) is 23.9. The van der Waals surface area contributed by atoms with Gasteiger partial charge in [0.2, 0.25) is 10.0 Å². The van der Waals surface area contributed by atoms with E-state index < -0.39 is 21.2 Å². The second-order valence-electron chi connectivity index (χ2n) is 9.60. The number of sulfonamides is 1. The molecule has 5 rings (SSSR count). The van der Waals surface area contributed by atoms with Crippen LogP contribution in [0.2, 0.25) is 0 Å². The highest BCUT2D eigenvalue weighted by atomic mass is 32.2. The third-order valence-electron chi connectivity index (χ3n) is 6.76. The standard InChI is InChI=1S/C23H29N5O3S3/c1-33(29)12-19-10-20-21(25-16-26-22(20)32-19)28-9-7-23(15-28)6-8-27(14-23)11-17-2-4-18(5-3-17)13-34(24,30)31/h2-5,10,16H,6-9,11-15H2,1H3,(H2,24,30,31). The minimum atomic E-state index is -3.51. The minimum absolute atomic E-state index is 0.131. The fourth-order valence-corrected chi connectivity index (χ4v) is 7.92. The van der Waals surface area contributed by atoms with Gasteiger partial charge in [-0.3, -0.25) is 4.90 Å².